The Morgan fingerprint density at radius 3 is 2.56 bits per heavy atom. The van der Waals surface area contributed by atoms with Crippen molar-refractivity contribution in [2.24, 2.45) is 0 Å². The number of carbonyl (C=O) groups is 1. The molecule has 27 heavy (non-hydrogen) atoms. The van der Waals surface area contributed by atoms with Crippen molar-refractivity contribution in [2.75, 3.05) is 19.7 Å². The second-order valence-corrected chi connectivity index (χ2v) is 9.17. The van der Waals surface area contributed by atoms with Crippen molar-refractivity contribution in [1.82, 2.24) is 9.88 Å². The number of fused-ring (bicyclic) bond motifs is 1. The zero-order valence-corrected chi connectivity index (χ0v) is 16.9. The summed E-state index contributed by atoms with van der Waals surface area (Å²) >= 11 is 1.75. The van der Waals surface area contributed by atoms with Crippen molar-refractivity contribution >= 4 is 17.2 Å². The number of nitrogens with zero attached hydrogens (tertiary/aromatic N) is 2. The number of ether oxygens (including phenoxy) is 2. The van der Waals surface area contributed by atoms with Gasteiger partial charge in [0, 0.05) is 29.8 Å². The maximum Gasteiger partial charge on any atom is 0.267 e. The SMILES string of the molecule is CC(C)(C)c1csc(C2CCN(C(=O)C3COc4ccccc4O3)CC2)n1. The van der Waals surface area contributed by atoms with Crippen LogP contribution in [-0.2, 0) is 10.2 Å². The van der Waals surface area contributed by atoms with Crippen LogP contribution in [0, 0.1) is 0 Å². The number of carbonyl (C=O) groups excluding carboxylic acids is 1. The third-order valence-corrected chi connectivity index (χ3v) is 6.24. The van der Waals surface area contributed by atoms with Gasteiger partial charge in [-0.05, 0) is 25.0 Å². The minimum absolute atomic E-state index is 0.0254. The maximum atomic E-state index is 12.8. The summed E-state index contributed by atoms with van der Waals surface area (Å²) in [4.78, 5) is 19.6. The molecule has 2 aromatic rings. The third-order valence-electron chi connectivity index (χ3n) is 5.23. The van der Waals surface area contributed by atoms with E-state index >= 15 is 0 Å². The van der Waals surface area contributed by atoms with Gasteiger partial charge in [-0.15, -0.1) is 11.3 Å². The summed E-state index contributed by atoms with van der Waals surface area (Å²) in [6.45, 7) is 8.34. The minimum atomic E-state index is -0.552. The maximum absolute atomic E-state index is 12.8. The monoisotopic (exact) mass is 386 g/mol. The van der Waals surface area contributed by atoms with Gasteiger partial charge in [0.2, 0.25) is 6.10 Å². The Labute approximate surface area is 164 Å². The molecule has 6 heteroatoms. The Balaban J connectivity index is 1.35. The molecule has 3 heterocycles. The van der Waals surface area contributed by atoms with E-state index in [1.807, 2.05) is 29.2 Å². The normalized spacial score (nSPS) is 20.6. The summed E-state index contributed by atoms with van der Waals surface area (Å²) in [5, 5.41) is 3.38. The Hall–Kier alpha value is -2.08. The summed E-state index contributed by atoms with van der Waals surface area (Å²) in [5.74, 6) is 1.82. The molecule has 0 radical (unpaired) electrons. The standard InChI is InChI=1S/C21H26N2O3S/c1-21(2,3)18-13-27-19(22-18)14-8-10-23(11-9-14)20(24)17-12-25-15-6-4-5-7-16(15)26-17/h4-7,13-14,17H,8-12H2,1-3H3. The second-order valence-electron chi connectivity index (χ2n) is 8.28. The van der Waals surface area contributed by atoms with Crippen molar-refractivity contribution in [2.45, 2.75) is 51.0 Å². The number of thiazole rings is 1. The van der Waals surface area contributed by atoms with E-state index < -0.39 is 6.10 Å². The molecule has 2 aliphatic heterocycles. The minimum Gasteiger partial charge on any atom is -0.485 e. The molecule has 1 atom stereocenters. The van der Waals surface area contributed by atoms with E-state index in [0.717, 1.165) is 31.6 Å². The molecule has 2 aliphatic rings. The second kappa shape index (κ2) is 7.15. The van der Waals surface area contributed by atoms with Gasteiger partial charge in [-0.1, -0.05) is 32.9 Å². The highest BCUT2D eigenvalue weighted by molar-refractivity contribution is 7.09. The number of hydrogen-bond donors (Lipinski definition) is 0. The molecule has 0 aliphatic carbocycles. The molecule has 1 aromatic heterocycles. The van der Waals surface area contributed by atoms with E-state index in [1.165, 1.54) is 5.01 Å². The lowest BCUT2D eigenvalue weighted by Crippen LogP contribution is -2.48. The molecule has 0 N–H and O–H groups in total. The van der Waals surface area contributed by atoms with E-state index in [9.17, 15) is 4.79 Å². The summed E-state index contributed by atoms with van der Waals surface area (Å²) in [6, 6.07) is 7.50. The van der Waals surface area contributed by atoms with E-state index in [0.29, 0.717) is 17.4 Å². The van der Waals surface area contributed by atoms with Crippen LogP contribution in [-0.4, -0.2) is 41.6 Å². The van der Waals surface area contributed by atoms with Crippen LogP contribution in [0.25, 0.3) is 0 Å². The lowest BCUT2D eigenvalue weighted by molar-refractivity contribution is -0.142. The molecule has 1 amide bonds. The van der Waals surface area contributed by atoms with Gasteiger partial charge in [0.25, 0.3) is 5.91 Å². The summed E-state index contributed by atoms with van der Waals surface area (Å²) < 4.78 is 11.6. The summed E-state index contributed by atoms with van der Waals surface area (Å²) in [6.07, 6.45) is 1.35. The van der Waals surface area contributed by atoms with Crippen molar-refractivity contribution in [1.29, 1.82) is 0 Å². The van der Waals surface area contributed by atoms with E-state index in [4.69, 9.17) is 14.5 Å². The summed E-state index contributed by atoms with van der Waals surface area (Å²) in [7, 11) is 0. The lowest BCUT2D eigenvalue weighted by Gasteiger charge is -2.35. The number of benzene rings is 1. The number of amides is 1. The zero-order chi connectivity index (χ0) is 19.0. The molecule has 144 valence electrons. The van der Waals surface area contributed by atoms with Crippen LogP contribution in [0.4, 0.5) is 0 Å². The number of rotatable bonds is 2. The fourth-order valence-corrected chi connectivity index (χ4v) is 4.73. The van der Waals surface area contributed by atoms with Crippen LogP contribution in [0.2, 0.25) is 0 Å². The first-order valence-corrected chi connectivity index (χ1v) is 10.4. The number of aromatic nitrogens is 1. The third kappa shape index (κ3) is 3.81. The molecule has 0 spiro atoms. The van der Waals surface area contributed by atoms with Gasteiger partial charge in [-0.2, -0.15) is 0 Å². The average molecular weight is 387 g/mol. The Kier molecular flexibility index (Phi) is 4.84. The van der Waals surface area contributed by atoms with E-state index in [1.54, 1.807) is 11.3 Å². The molecule has 1 unspecified atom stereocenters. The van der Waals surface area contributed by atoms with E-state index in [-0.39, 0.29) is 17.9 Å². The lowest BCUT2D eigenvalue weighted by atomic mass is 9.93. The largest absolute Gasteiger partial charge is 0.485 e. The molecular weight excluding hydrogens is 360 g/mol. The van der Waals surface area contributed by atoms with Crippen molar-refractivity contribution < 1.29 is 14.3 Å². The average Bonchev–Trinajstić information content (AvgIpc) is 3.18. The van der Waals surface area contributed by atoms with Crippen LogP contribution in [0.15, 0.2) is 29.6 Å². The Bertz CT molecular complexity index is 819. The van der Waals surface area contributed by atoms with Crippen LogP contribution in [0.5, 0.6) is 11.5 Å². The van der Waals surface area contributed by atoms with Gasteiger partial charge < -0.3 is 14.4 Å². The van der Waals surface area contributed by atoms with Crippen LogP contribution < -0.4 is 9.47 Å². The van der Waals surface area contributed by atoms with Crippen molar-refractivity contribution in [3.05, 3.63) is 40.3 Å². The fourth-order valence-electron chi connectivity index (χ4n) is 3.51. The van der Waals surface area contributed by atoms with Gasteiger partial charge in [-0.3, -0.25) is 4.79 Å². The first-order valence-electron chi connectivity index (χ1n) is 9.55. The first kappa shape index (κ1) is 18.3. The summed E-state index contributed by atoms with van der Waals surface area (Å²) in [5.41, 5.74) is 1.24. The molecule has 0 saturated carbocycles. The molecule has 1 aromatic carbocycles. The fraction of sp³-hybridized carbons (Fsp3) is 0.524. The molecule has 4 rings (SSSR count). The number of para-hydroxylation sites is 2. The van der Waals surface area contributed by atoms with Crippen molar-refractivity contribution in [3.8, 4) is 11.5 Å². The molecule has 1 fully saturated rings. The van der Waals surface area contributed by atoms with Crippen LogP contribution in [0.1, 0.15) is 50.2 Å². The number of hydrogen-bond acceptors (Lipinski definition) is 5. The highest BCUT2D eigenvalue weighted by Gasteiger charge is 2.34. The molecule has 5 nitrogen and oxygen atoms in total. The van der Waals surface area contributed by atoms with Gasteiger partial charge in [0.05, 0.1) is 10.7 Å². The predicted octanol–water partition coefficient (Wildman–Crippen LogP) is 3.99. The Morgan fingerprint density at radius 2 is 1.89 bits per heavy atom. The molecular formula is C21H26N2O3S. The van der Waals surface area contributed by atoms with Crippen LogP contribution >= 0.6 is 11.3 Å². The van der Waals surface area contributed by atoms with E-state index in [2.05, 4.69) is 26.2 Å². The predicted molar refractivity (Wildman–Crippen MR) is 106 cm³/mol. The Morgan fingerprint density at radius 1 is 1.19 bits per heavy atom. The van der Waals surface area contributed by atoms with Gasteiger partial charge in [-0.25, -0.2) is 4.98 Å². The number of likely N-dealkylation sites (tertiary alicyclic amines) is 1. The quantitative estimate of drug-likeness (QED) is 0.783. The highest BCUT2D eigenvalue weighted by Crippen LogP contribution is 2.35. The molecule has 0 bridgehead atoms. The van der Waals surface area contributed by atoms with Gasteiger partial charge >= 0.3 is 0 Å². The highest BCUT2D eigenvalue weighted by atomic mass is 32.1. The molecule has 1 saturated heterocycles. The topological polar surface area (TPSA) is 51.7 Å². The van der Waals surface area contributed by atoms with Gasteiger partial charge in [0.15, 0.2) is 11.5 Å². The smallest absolute Gasteiger partial charge is 0.267 e. The number of piperidine rings is 1. The first-order chi connectivity index (χ1) is 12.9. The zero-order valence-electron chi connectivity index (χ0n) is 16.1. The van der Waals surface area contributed by atoms with Crippen LogP contribution in [0.3, 0.4) is 0 Å². The van der Waals surface area contributed by atoms with Gasteiger partial charge in [0.1, 0.15) is 6.61 Å². The van der Waals surface area contributed by atoms with Crippen molar-refractivity contribution in [3.63, 3.8) is 0 Å².